The van der Waals surface area contributed by atoms with Crippen molar-refractivity contribution in [2.75, 3.05) is 26.2 Å². The molecule has 5 nitrogen and oxygen atoms in total. The third-order valence-electron chi connectivity index (χ3n) is 5.19. The number of para-hydroxylation sites is 1. The first-order chi connectivity index (χ1) is 11.6. The summed E-state index contributed by atoms with van der Waals surface area (Å²) in [5.74, 6) is 0.963. The summed E-state index contributed by atoms with van der Waals surface area (Å²) < 4.78 is 5.66. The Bertz CT molecular complexity index is 537. The molecule has 3 unspecified atom stereocenters. The Morgan fingerprint density at radius 3 is 2.67 bits per heavy atom. The van der Waals surface area contributed by atoms with Gasteiger partial charge in [-0.25, -0.2) is 0 Å². The van der Waals surface area contributed by atoms with Gasteiger partial charge < -0.3 is 14.7 Å². The Kier molecular flexibility index (Phi) is 5.74. The number of aliphatic hydroxyl groups excluding tert-OH is 1. The predicted molar refractivity (Wildman–Crippen MR) is 92.9 cm³/mol. The highest BCUT2D eigenvalue weighted by Gasteiger charge is 2.39. The summed E-state index contributed by atoms with van der Waals surface area (Å²) in [6.07, 6.45) is 3.91. The molecule has 2 heterocycles. The van der Waals surface area contributed by atoms with Crippen molar-refractivity contribution in [1.29, 1.82) is 0 Å². The molecule has 24 heavy (non-hydrogen) atoms. The first-order valence-electron chi connectivity index (χ1n) is 9.02. The van der Waals surface area contributed by atoms with Crippen LogP contribution in [0.1, 0.15) is 32.6 Å². The summed E-state index contributed by atoms with van der Waals surface area (Å²) in [4.78, 5) is 16.2. The molecule has 0 aliphatic carbocycles. The second-order valence-corrected chi connectivity index (χ2v) is 6.90. The fraction of sp³-hybridized carbons (Fsp3) is 0.632. The molecule has 0 bridgehead atoms. The average Bonchev–Trinajstić information content (AvgIpc) is 3.22. The van der Waals surface area contributed by atoms with E-state index in [0.717, 1.165) is 44.5 Å². The molecule has 3 atom stereocenters. The summed E-state index contributed by atoms with van der Waals surface area (Å²) in [5.41, 5.74) is 0. The summed E-state index contributed by atoms with van der Waals surface area (Å²) in [6.45, 7) is 4.45. The Morgan fingerprint density at radius 2 is 1.92 bits per heavy atom. The van der Waals surface area contributed by atoms with E-state index in [2.05, 4.69) is 4.90 Å². The number of carbonyl (C=O) groups excluding carboxylic acids is 1. The Labute approximate surface area is 144 Å². The second-order valence-electron chi connectivity index (χ2n) is 6.90. The zero-order valence-corrected chi connectivity index (χ0v) is 14.4. The van der Waals surface area contributed by atoms with Gasteiger partial charge in [0.15, 0.2) is 0 Å². The smallest absolute Gasteiger partial charge is 0.219 e. The van der Waals surface area contributed by atoms with Crippen molar-refractivity contribution in [3.05, 3.63) is 30.3 Å². The first kappa shape index (κ1) is 17.2. The maximum atomic E-state index is 11.8. The molecule has 2 aliphatic rings. The molecule has 2 saturated heterocycles. The van der Waals surface area contributed by atoms with Gasteiger partial charge in [0.1, 0.15) is 18.5 Å². The van der Waals surface area contributed by atoms with Crippen LogP contribution in [-0.2, 0) is 4.79 Å². The van der Waals surface area contributed by atoms with E-state index < -0.39 is 6.10 Å². The van der Waals surface area contributed by atoms with Gasteiger partial charge in [-0.15, -0.1) is 0 Å². The van der Waals surface area contributed by atoms with E-state index >= 15 is 0 Å². The monoisotopic (exact) mass is 332 g/mol. The molecule has 0 saturated carbocycles. The molecule has 0 radical (unpaired) electrons. The number of benzene rings is 1. The minimum absolute atomic E-state index is 0.178. The molecular weight excluding hydrogens is 304 g/mol. The minimum atomic E-state index is -0.516. The molecule has 3 rings (SSSR count). The van der Waals surface area contributed by atoms with E-state index in [1.807, 2.05) is 35.2 Å². The Balaban J connectivity index is 1.52. The maximum absolute atomic E-state index is 11.8. The zero-order valence-electron chi connectivity index (χ0n) is 14.4. The normalized spacial score (nSPS) is 25.8. The van der Waals surface area contributed by atoms with Crippen molar-refractivity contribution in [3.63, 3.8) is 0 Å². The number of rotatable bonds is 6. The summed E-state index contributed by atoms with van der Waals surface area (Å²) in [7, 11) is 0. The van der Waals surface area contributed by atoms with Crippen LogP contribution in [0.4, 0.5) is 0 Å². The summed E-state index contributed by atoms with van der Waals surface area (Å²) in [5, 5.41) is 10.4. The Hall–Kier alpha value is -1.59. The fourth-order valence-electron chi connectivity index (χ4n) is 4.13. The fourth-order valence-corrected chi connectivity index (χ4v) is 4.13. The highest BCUT2D eigenvalue weighted by Crippen LogP contribution is 2.30. The van der Waals surface area contributed by atoms with Crippen molar-refractivity contribution in [3.8, 4) is 5.75 Å². The van der Waals surface area contributed by atoms with E-state index in [9.17, 15) is 9.90 Å². The molecular formula is C19H28N2O3. The lowest BCUT2D eigenvalue weighted by molar-refractivity contribution is -0.130. The van der Waals surface area contributed by atoms with Crippen molar-refractivity contribution in [1.82, 2.24) is 9.80 Å². The van der Waals surface area contributed by atoms with Crippen molar-refractivity contribution < 1.29 is 14.6 Å². The van der Waals surface area contributed by atoms with Gasteiger partial charge in [0.05, 0.1) is 0 Å². The number of carbonyl (C=O) groups is 1. The van der Waals surface area contributed by atoms with Crippen LogP contribution in [0, 0.1) is 0 Å². The molecule has 1 aromatic carbocycles. The molecule has 2 aliphatic heterocycles. The van der Waals surface area contributed by atoms with Gasteiger partial charge in [-0.3, -0.25) is 9.69 Å². The van der Waals surface area contributed by atoms with Crippen molar-refractivity contribution in [2.24, 2.45) is 0 Å². The Morgan fingerprint density at radius 1 is 1.21 bits per heavy atom. The number of amides is 1. The summed E-state index contributed by atoms with van der Waals surface area (Å²) in [6, 6.07) is 10.3. The van der Waals surface area contributed by atoms with E-state index in [1.165, 1.54) is 0 Å². The first-order valence-corrected chi connectivity index (χ1v) is 9.02. The number of hydrogen-bond donors (Lipinski definition) is 1. The number of β-amino-alcohol motifs (C(OH)–C–C–N with tert-alkyl or cyclic N) is 1. The van der Waals surface area contributed by atoms with Crippen LogP contribution in [-0.4, -0.2) is 65.2 Å². The predicted octanol–water partition coefficient (Wildman–Crippen LogP) is 1.90. The number of ether oxygens (including phenoxy) is 1. The minimum Gasteiger partial charge on any atom is -0.491 e. The molecule has 1 N–H and O–H groups in total. The lowest BCUT2D eigenvalue weighted by atomic mass is 10.0. The van der Waals surface area contributed by atoms with E-state index in [0.29, 0.717) is 25.2 Å². The van der Waals surface area contributed by atoms with Gasteiger partial charge in [-0.1, -0.05) is 18.2 Å². The quantitative estimate of drug-likeness (QED) is 0.864. The third-order valence-corrected chi connectivity index (χ3v) is 5.19. The lowest BCUT2D eigenvalue weighted by Crippen LogP contribution is -2.49. The maximum Gasteiger partial charge on any atom is 0.219 e. The summed E-state index contributed by atoms with van der Waals surface area (Å²) >= 11 is 0. The number of likely N-dealkylation sites (tertiary alicyclic amines) is 2. The van der Waals surface area contributed by atoms with Crippen LogP contribution in [0.25, 0.3) is 0 Å². The SMILES string of the molecule is CC(=O)N1CCCC1C1CCCN1CC(O)COc1ccccc1. The lowest BCUT2D eigenvalue weighted by Gasteiger charge is -2.35. The van der Waals surface area contributed by atoms with Crippen LogP contribution in [0.5, 0.6) is 5.75 Å². The number of aliphatic hydroxyl groups is 1. The molecule has 0 spiro atoms. The molecule has 132 valence electrons. The molecule has 1 amide bonds. The van der Waals surface area contributed by atoms with Crippen LogP contribution in [0.3, 0.4) is 0 Å². The van der Waals surface area contributed by atoms with Gasteiger partial charge in [0.25, 0.3) is 0 Å². The average molecular weight is 332 g/mol. The van der Waals surface area contributed by atoms with Gasteiger partial charge in [-0.2, -0.15) is 0 Å². The largest absolute Gasteiger partial charge is 0.491 e. The topological polar surface area (TPSA) is 53.0 Å². The van der Waals surface area contributed by atoms with E-state index in [4.69, 9.17) is 4.74 Å². The molecule has 0 aromatic heterocycles. The second kappa shape index (κ2) is 7.99. The van der Waals surface area contributed by atoms with E-state index in [-0.39, 0.29) is 5.91 Å². The van der Waals surface area contributed by atoms with Crippen molar-refractivity contribution in [2.45, 2.75) is 50.8 Å². The highest BCUT2D eigenvalue weighted by molar-refractivity contribution is 5.74. The zero-order chi connectivity index (χ0) is 16.9. The molecule has 2 fully saturated rings. The molecule has 5 heteroatoms. The van der Waals surface area contributed by atoms with Gasteiger partial charge >= 0.3 is 0 Å². The van der Waals surface area contributed by atoms with Gasteiger partial charge in [0, 0.05) is 32.1 Å². The highest BCUT2D eigenvalue weighted by atomic mass is 16.5. The number of hydrogen-bond acceptors (Lipinski definition) is 4. The third kappa shape index (κ3) is 4.08. The van der Waals surface area contributed by atoms with Crippen LogP contribution in [0.2, 0.25) is 0 Å². The van der Waals surface area contributed by atoms with Crippen LogP contribution >= 0.6 is 0 Å². The van der Waals surface area contributed by atoms with Gasteiger partial charge in [-0.05, 0) is 44.4 Å². The van der Waals surface area contributed by atoms with Gasteiger partial charge in [0.2, 0.25) is 5.91 Å². The van der Waals surface area contributed by atoms with Crippen molar-refractivity contribution >= 4 is 5.91 Å². The standard InChI is InChI=1S/C19H28N2O3/c1-15(22)21-12-6-10-19(21)18-9-5-11-20(18)13-16(23)14-24-17-7-3-2-4-8-17/h2-4,7-8,16,18-19,23H,5-6,9-14H2,1H3. The van der Waals surface area contributed by atoms with E-state index in [1.54, 1.807) is 6.92 Å². The van der Waals surface area contributed by atoms with Crippen LogP contribution in [0.15, 0.2) is 30.3 Å². The molecule has 1 aromatic rings. The number of nitrogens with zero attached hydrogens (tertiary/aromatic N) is 2. The van der Waals surface area contributed by atoms with Crippen LogP contribution < -0.4 is 4.74 Å².